The number of nitrogens with zero attached hydrogens (tertiary/aromatic N) is 1. The van der Waals surface area contributed by atoms with Crippen LogP contribution in [0.5, 0.6) is 11.5 Å². The van der Waals surface area contributed by atoms with E-state index in [0.29, 0.717) is 22.9 Å². The maximum absolute atomic E-state index is 12.9. The third kappa shape index (κ3) is 4.79. The van der Waals surface area contributed by atoms with Crippen molar-refractivity contribution in [3.63, 3.8) is 0 Å². The summed E-state index contributed by atoms with van der Waals surface area (Å²) < 4.78 is 18.6. The highest BCUT2D eigenvalue weighted by atomic mass is 19.1. The van der Waals surface area contributed by atoms with Gasteiger partial charge in [0, 0.05) is 17.8 Å². The Morgan fingerprint density at radius 2 is 1.59 bits per heavy atom. The second kappa shape index (κ2) is 7.96. The van der Waals surface area contributed by atoms with Crippen molar-refractivity contribution < 1.29 is 18.8 Å². The zero-order valence-electron chi connectivity index (χ0n) is 13.9. The Bertz CT molecular complexity index is 959. The smallest absolute Gasteiger partial charge is 0.323 e. The van der Waals surface area contributed by atoms with Crippen LogP contribution in [0.4, 0.5) is 26.2 Å². The number of hydrogen-bond acceptors (Lipinski definition) is 4. The number of anilines is 2. The van der Waals surface area contributed by atoms with Crippen LogP contribution in [0.1, 0.15) is 0 Å². The van der Waals surface area contributed by atoms with E-state index in [4.69, 9.17) is 4.74 Å². The van der Waals surface area contributed by atoms with Gasteiger partial charge in [-0.15, -0.1) is 0 Å². The van der Waals surface area contributed by atoms with Gasteiger partial charge in [0.25, 0.3) is 5.69 Å². The Hall–Kier alpha value is -3.94. The van der Waals surface area contributed by atoms with Crippen LogP contribution in [0, 0.1) is 15.9 Å². The first-order valence-electron chi connectivity index (χ1n) is 7.86. The lowest BCUT2D eigenvalue weighted by molar-refractivity contribution is -0.384. The molecule has 0 aliphatic carbocycles. The molecular weight excluding hydrogens is 353 g/mol. The minimum Gasteiger partial charge on any atom is -0.455 e. The van der Waals surface area contributed by atoms with Gasteiger partial charge >= 0.3 is 6.03 Å². The second-order valence-electron chi connectivity index (χ2n) is 5.44. The van der Waals surface area contributed by atoms with E-state index >= 15 is 0 Å². The highest BCUT2D eigenvalue weighted by Gasteiger charge is 2.10. The summed E-state index contributed by atoms with van der Waals surface area (Å²) in [6.07, 6.45) is 0. The monoisotopic (exact) mass is 367 g/mol. The lowest BCUT2D eigenvalue weighted by Crippen LogP contribution is -2.19. The van der Waals surface area contributed by atoms with Crippen molar-refractivity contribution in [2.75, 3.05) is 10.6 Å². The molecule has 0 fully saturated rings. The fourth-order valence-electron chi connectivity index (χ4n) is 2.24. The minimum absolute atomic E-state index is 0.0487. The molecule has 0 heterocycles. The van der Waals surface area contributed by atoms with Crippen molar-refractivity contribution in [2.24, 2.45) is 0 Å². The maximum atomic E-state index is 12.9. The third-order valence-electron chi connectivity index (χ3n) is 3.51. The molecule has 0 unspecified atom stereocenters. The van der Waals surface area contributed by atoms with Gasteiger partial charge in [0.1, 0.15) is 11.6 Å². The van der Waals surface area contributed by atoms with Crippen LogP contribution in [0.25, 0.3) is 0 Å². The Morgan fingerprint density at radius 3 is 2.26 bits per heavy atom. The Labute approximate surface area is 153 Å². The van der Waals surface area contributed by atoms with Gasteiger partial charge in [0.15, 0.2) is 5.75 Å². The summed E-state index contributed by atoms with van der Waals surface area (Å²) >= 11 is 0. The highest BCUT2D eigenvalue weighted by molar-refractivity contribution is 6.00. The Balaban J connectivity index is 1.70. The predicted molar refractivity (Wildman–Crippen MR) is 98.7 cm³/mol. The van der Waals surface area contributed by atoms with Gasteiger partial charge in [-0.2, -0.15) is 0 Å². The number of non-ortho nitro benzene ring substituents is 1. The molecular formula is C19H14FN3O4. The molecule has 0 aliphatic rings. The van der Waals surface area contributed by atoms with Crippen LogP contribution in [0.15, 0.2) is 72.8 Å². The number of carbonyl (C=O) groups excluding carboxylic acids is 1. The summed E-state index contributed by atoms with van der Waals surface area (Å²) in [7, 11) is 0. The standard InChI is InChI=1S/C19H14FN3O4/c20-13-5-7-14(8-6-13)21-19(24)22-17-3-1-2-4-18(17)27-16-11-9-15(10-12-16)23(25)26/h1-12H,(H2,21,22,24). The predicted octanol–water partition coefficient (Wildman–Crippen LogP) is 5.17. The number of nitrogens with one attached hydrogen (secondary N) is 2. The molecule has 27 heavy (non-hydrogen) atoms. The quantitative estimate of drug-likeness (QED) is 0.480. The third-order valence-corrected chi connectivity index (χ3v) is 3.51. The van der Waals surface area contributed by atoms with Crippen LogP contribution in [0.3, 0.4) is 0 Å². The molecule has 3 aromatic carbocycles. The van der Waals surface area contributed by atoms with Gasteiger partial charge in [0.2, 0.25) is 0 Å². The summed E-state index contributed by atoms with van der Waals surface area (Å²) in [6, 6.07) is 17.1. The van der Waals surface area contributed by atoms with Crippen molar-refractivity contribution in [3.8, 4) is 11.5 Å². The molecule has 0 saturated carbocycles. The fraction of sp³-hybridized carbons (Fsp3) is 0. The van der Waals surface area contributed by atoms with Crippen LogP contribution in [-0.2, 0) is 0 Å². The van der Waals surface area contributed by atoms with Gasteiger partial charge in [-0.25, -0.2) is 9.18 Å². The van der Waals surface area contributed by atoms with Crippen molar-refractivity contribution in [2.45, 2.75) is 0 Å². The van der Waals surface area contributed by atoms with E-state index in [1.165, 1.54) is 48.5 Å². The van der Waals surface area contributed by atoms with Crippen LogP contribution < -0.4 is 15.4 Å². The molecule has 0 radical (unpaired) electrons. The molecule has 0 spiro atoms. The second-order valence-corrected chi connectivity index (χ2v) is 5.44. The molecule has 2 amide bonds. The van der Waals surface area contributed by atoms with Crippen molar-refractivity contribution >= 4 is 23.1 Å². The van der Waals surface area contributed by atoms with Crippen LogP contribution in [-0.4, -0.2) is 11.0 Å². The van der Waals surface area contributed by atoms with Gasteiger partial charge in [0.05, 0.1) is 10.6 Å². The molecule has 0 saturated heterocycles. The zero-order chi connectivity index (χ0) is 19.2. The SMILES string of the molecule is O=C(Nc1ccc(F)cc1)Nc1ccccc1Oc1ccc([N+](=O)[O-])cc1. The number of para-hydroxylation sites is 2. The molecule has 0 bridgehead atoms. The maximum Gasteiger partial charge on any atom is 0.323 e. The fourth-order valence-corrected chi connectivity index (χ4v) is 2.24. The van der Waals surface area contributed by atoms with Gasteiger partial charge in [-0.05, 0) is 48.5 Å². The molecule has 0 aromatic heterocycles. The Morgan fingerprint density at radius 1 is 0.926 bits per heavy atom. The number of benzene rings is 3. The van der Waals surface area contributed by atoms with E-state index in [1.54, 1.807) is 24.3 Å². The normalized spacial score (nSPS) is 10.1. The summed E-state index contributed by atoms with van der Waals surface area (Å²) in [6.45, 7) is 0. The first-order valence-corrected chi connectivity index (χ1v) is 7.86. The van der Waals surface area contributed by atoms with E-state index < -0.39 is 16.8 Å². The number of nitro benzene ring substituents is 1. The van der Waals surface area contributed by atoms with E-state index in [0.717, 1.165) is 0 Å². The van der Waals surface area contributed by atoms with Crippen molar-refractivity contribution in [1.82, 2.24) is 0 Å². The lowest BCUT2D eigenvalue weighted by atomic mass is 10.2. The number of ether oxygens (including phenoxy) is 1. The summed E-state index contributed by atoms with van der Waals surface area (Å²) in [5, 5.41) is 15.9. The Kier molecular flexibility index (Phi) is 5.27. The van der Waals surface area contributed by atoms with E-state index in [2.05, 4.69) is 10.6 Å². The minimum atomic E-state index is -0.527. The molecule has 8 heteroatoms. The van der Waals surface area contributed by atoms with Gasteiger partial charge < -0.3 is 15.4 Å². The average molecular weight is 367 g/mol. The van der Waals surface area contributed by atoms with Crippen LogP contribution >= 0.6 is 0 Å². The van der Waals surface area contributed by atoms with Crippen LogP contribution in [0.2, 0.25) is 0 Å². The number of amides is 2. The van der Waals surface area contributed by atoms with Gasteiger partial charge in [-0.1, -0.05) is 12.1 Å². The summed E-state index contributed by atoms with van der Waals surface area (Å²) in [4.78, 5) is 22.3. The first kappa shape index (κ1) is 17.9. The van der Waals surface area contributed by atoms with Crippen molar-refractivity contribution in [3.05, 3.63) is 88.7 Å². The topological polar surface area (TPSA) is 93.5 Å². The molecule has 7 nitrogen and oxygen atoms in total. The molecule has 136 valence electrons. The number of nitro groups is 1. The largest absolute Gasteiger partial charge is 0.455 e. The summed E-state index contributed by atoms with van der Waals surface area (Å²) in [5.41, 5.74) is 0.783. The first-order chi connectivity index (χ1) is 13.0. The molecule has 3 aromatic rings. The number of hydrogen-bond donors (Lipinski definition) is 2. The highest BCUT2D eigenvalue weighted by Crippen LogP contribution is 2.30. The lowest BCUT2D eigenvalue weighted by Gasteiger charge is -2.13. The van der Waals surface area contributed by atoms with Crippen molar-refractivity contribution in [1.29, 1.82) is 0 Å². The molecule has 3 rings (SSSR count). The van der Waals surface area contributed by atoms with Gasteiger partial charge in [-0.3, -0.25) is 10.1 Å². The van der Waals surface area contributed by atoms with E-state index in [9.17, 15) is 19.3 Å². The average Bonchev–Trinajstić information content (AvgIpc) is 2.65. The number of halogens is 1. The molecule has 0 aliphatic heterocycles. The van der Waals surface area contributed by atoms with E-state index in [1.807, 2.05) is 0 Å². The van der Waals surface area contributed by atoms with E-state index in [-0.39, 0.29) is 5.69 Å². The number of urea groups is 1. The molecule has 2 N–H and O–H groups in total. The number of rotatable bonds is 5. The molecule has 0 atom stereocenters. The summed E-state index contributed by atoms with van der Waals surface area (Å²) in [5.74, 6) is 0.345. The zero-order valence-corrected chi connectivity index (χ0v) is 13.9. The number of carbonyl (C=O) groups is 1.